The highest BCUT2D eigenvalue weighted by Crippen LogP contribution is 2.57. The highest BCUT2D eigenvalue weighted by molar-refractivity contribution is 6.18. The highest BCUT2D eigenvalue weighted by atomic mass is 16.3. The maximum atomic E-state index is 6.97. The SMILES string of the molecule is c1ccc(-c2ccc(N(c3ccc4c(c3)C(c3ccccc3)(c3ccccc3)c3ccccc3-4)c3cc(-c4ccccc4)c4oc5c6ccccc6ccc5c4c3)cc2)cc1. The van der Waals surface area contributed by atoms with Crippen LogP contribution in [-0.2, 0) is 5.41 Å². The smallest absolute Gasteiger partial charge is 0.143 e. The predicted molar refractivity (Wildman–Crippen MR) is 254 cm³/mol. The van der Waals surface area contributed by atoms with Crippen LogP contribution >= 0.6 is 0 Å². The fraction of sp³-hybridized carbons (Fsp3) is 0.0169. The van der Waals surface area contributed by atoms with Gasteiger partial charge in [-0.1, -0.05) is 194 Å². The summed E-state index contributed by atoms with van der Waals surface area (Å²) in [5.74, 6) is 0. The molecule has 0 bridgehead atoms. The third-order valence-electron chi connectivity index (χ3n) is 12.7. The molecule has 0 radical (unpaired) electrons. The lowest BCUT2D eigenvalue weighted by Crippen LogP contribution is -2.28. The fourth-order valence-corrected chi connectivity index (χ4v) is 10.0. The van der Waals surface area contributed by atoms with E-state index in [9.17, 15) is 0 Å². The van der Waals surface area contributed by atoms with Crippen molar-refractivity contribution in [1.29, 1.82) is 0 Å². The number of furan rings is 1. The molecular weight excluding hydrogens is 739 g/mol. The number of fused-ring (bicyclic) bond motifs is 8. The Morgan fingerprint density at radius 2 is 0.885 bits per heavy atom. The molecule has 286 valence electrons. The van der Waals surface area contributed by atoms with Gasteiger partial charge in [-0.05, 0) is 97.9 Å². The first-order valence-corrected chi connectivity index (χ1v) is 21.0. The average Bonchev–Trinajstić information content (AvgIpc) is 3.87. The van der Waals surface area contributed by atoms with Crippen molar-refractivity contribution < 1.29 is 4.42 Å². The highest BCUT2D eigenvalue weighted by Gasteiger charge is 2.46. The largest absolute Gasteiger partial charge is 0.455 e. The second-order valence-electron chi connectivity index (χ2n) is 16.0. The Labute approximate surface area is 355 Å². The Kier molecular flexibility index (Phi) is 8.11. The van der Waals surface area contributed by atoms with Crippen LogP contribution in [0.15, 0.2) is 241 Å². The van der Waals surface area contributed by atoms with E-state index in [0.29, 0.717) is 0 Å². The molecule has 0 aliphatic heterocycles. The molecule has 0 saturated carbocycles. The van der Waals surface area contributed by atoms with E-state index < -0.39 is 5.41 Å². The Hall–Kier alpha value is -7.94. The molecule has 0 spiro atoms. The van der Waals surface area contributed by atoms with Gasteiger partial charge >= 0.3 is 0 Å². The van der Waals surface area contributed by atoms with Gasteiger partial charge in [0, 0.05) is 38.8 Å². The lowest BCUT2D eigenvalue weighted by atomic mass is 9.67. The summed E-state index contributed by atoms with van der Waals surface area (Å²) >= 11 is 0. The van der Waals surface area contributed by atoms with Crippen molar-refractivity contribution in [1.82, 2.24) is 0 Å². The molecule has 2 nitrogen and oxygen atoms in total. The summed E-state index contributed by atoms with van der Waals surface area (Å²) in [7, 11) is 0. The zero-order valence-electron chi connectivity index (χ0n) is 33.4. The van der Waals surface area contributed by atoms with Gasteiger partial charge in [0.25, 0.3) is 0 Å². The van der Waals surface area contributed by atoms with E-state index >= 15 is 0 Å². The van der Waals surface area contributed by atoms with Gasteiger partial charge in [0.1, 0.15) is 11.2 Å². The van der Waals surface area contributed by atoms with E-state index in [4.69, 9.17) is 4.42 Å². The molecule has 0 unspecified atom stereocenters. The Bertz CT molecular complexity index is 3350. The molecule has 0 atom stereocenters. The number of nitrogens with zero attached hydrogens (tertiary/aromatic N) is 1. The van der Waals surface area contributed by atoms with Gasteiger partial charge in [-0.25, -0.2) is 0 Å². The van der Waals surface area contributed by atoms with Crippen LogP contribution in [0.25, 0.3) is 66.1 Å². The van der Waals surface area contributed by atoms with Gasteiger partial charge in [-0.2, -0.15) is 0 Å². The molecule has 12 rings (SSSR count). The second-order valence-corrected chi connectivity index (χ2v) is 16.0. The van der Waals surface area contributed by atoms with Crippen molar-refractivity contribution in [2.75, 3.05) is 4.90 Å². The molecule has 0 fully saturated rings. The first-order valence-electron chi connectivity index (χ1n) is 21.0. The molecule has 0 N–H and O–H groups in total. The molecule has 1 aliphatic carbocycles. The van der Waals surface area contributed by atoms with E-state index in [0.717, 1.165) is 60.9 Å². The minimum atomic E-state index is -0.533. The summed E-state index contributed by atoms with van der Waals surface area (Å²) in [4.78, 5) is 2.44. The molecule has 1 aromatic heterocycles. The summed E-state index contributed by atoms with van der Waals surface area (Å²) in [5.41, 5.74) is 16.5. The van der Waals surface area contributed by atoms with Crippen LogP contribution < -0.4 is 4.90 Å². The van der Waals surface area contributed by atoms with E-state index in [2.05, 4.69) is 241 Å². The molecule has 0 amide bonds. The standard InChI is InChI=1S/C59H39NO/c1-5-17-40(18-6-1)41-29-32-46(33-30-41)60(48-37-53(42-19-7-2-8-20-42)58-54(38-48)52-35-31-43-21-13-14-26-49(43)57(52)61-58)47-34-36-51-50-27-15-16-28-55(50)59(56(51)39-47,44-22-9-3-10-23-44)45-24-11-4-12-25-45/h1-39H. The van der Waals surface area contributed by atoms with Crippen LogP contribution in [0.1, 0.15) is 22.3 Å². The van der Waals surface area contributed by atoms with Crippen LogP contribution in [0.3, 0.4) is 0 Å². The predicted octanol–water partition coefficient (Wildman–Crippen LogP) is 15.9. The Morgan fingerprint density at radius 1 is 0.311 bits per heavy atom. The number of hydrogen-bond acceptors (Lipinski definition) is 2. The van der Waals surface area contributed by atoms with Crippen LogP contribution in [0.4, 0.5) is 17.1 Å². The zero-order valence-corrected chi connectivity index (χ0v) is 33.4. The van der Waals surface area contributed by atoms with Crippen molar-refractivity contribution in [2.45, 2.75) is 5.41 Å². The first kappa shape index (κ1) is 35.0. The number of rotatable bonds is 7. The normalized spacial score (nSPS) is 12.7. The van der Waals surface area contributed by atoms with Gasteiger partial charge < -0.3 is 9.32 Å². The van der Waals surface area contributed by atoms with Crippen LogP contribution in [-0.4, -0.2) is 0 Å². The van der Waals surface area contributed by atoms with Crippen molar-refractivity contribution >= 4 is 49.8 Å². The number of anilines is 3. The minimum Gasteiger partial charge on any atom is -0.455 e. The van der Waals surface area contributed by atoms with Crippen molar-refractivity contribution in [2.24, 2.45) is 0 Å². The summed E-state index contributed by atoms with van der Waals surface area (Å²) in [6.07, 6.45) is 0. The third-order valence-corrected chi connectivity index (χ3v) is 12.7. The number of benzene rings is 10. The molecule has 0 saturated heterocycles. The quantitative estimate of drug-likeness (QED) is 0.160. The molecule has 11 aromatic rings. The summed E-state index contributed by atoms with van der Waals surface area (Å²) in [6.45, 7) is 0. The molecule has 1 aliphatic rings. The van der Waals surface area contributed by atoms with Crippen molar-refractivity contribution in [3.63, 3.8) is 0 Å². The molecule has 10 aromatic carbocycles. The van der Waals surface area contributed by atoms with Crippen molar-refractivity contribution in [3.05, 3.63) is 259 Å². The van der Waals surface area contributed by atoms with Crippen LogP contribution in [0, 0.1) is 0 Å². The fourth-order valence-electron chi connectivity index (χ4n) is 10.0. The molecule has 61 heavy (non-hydrogen) atoms. The van der Waals surface area contributed by atoms with Gasteiger partial charge in [-0.15, -0.1) is 0 Å². The van der Waals surface area contributed by atoms with E-state index in [1.54, 1.807) is 0 Å². The zero-order chi connectivity index (χ0) is 40.3. The average molecular weight is 778 g/mol. The third kappa shape index (κ3) is 5.50. The summed E-state index contributed by atoms with van der Waals surface area (Å²) < 4.78 is 6.97. The van der Waals surface area contributed by atoms with E-state index in [1.165, 1.54) is 44.5 Å². The van der Waals surface area contributed by atoms with E-state index in [-0.39, 0.29) is 0 Å². The second kappa shape index (κ2) is 14.1. The van der Waals surface area contributed by atoms with Gasteiger partial charge in [-0.3, -0.25) is 0 Å². The monoisotopic (exact) mass is 777 g/mol. The Morgan fingerprint density at radius 3 is 1.61 bits per heavy atom. The van der Waals surface area contributed by atoms with Crippen LogP contribution in [0.5, 0.6) is 0 Å². The molecule has 2 heteroatoms. The van der Waals surface area contributed by atoms with Crippen molar-refractivity contribution in [3.8, 4) is 33.4 Å². The molecule has 1 heterocycles. The summed E-state index contributed by atoms with van der Waals surface area (Å²) in [5, 5.41) is 4.46. The lowest BCUT2D eigenvalue weighted by molar-refractivity contribution is 0.674. The first-order chi connectivity index (χ1) is 30.3. The molecular formula is C59H39NO. The van der Waals surface area contributed by atoms with E-state index in [1.807, 2.05) is 0 Å². The Balaban J connectivity index is 1.15. The van der Waals surface area contributed by atoms with Gasteiger partial charge in [0.15, 0.2) is 0 Å². The van der Waals surface area contributed by atoms with Crippen LogP contribution in [0.2, 0.25) is 0 Å². The summed E-state index contributed by atoms with van der Waals surface area (Å²) in [6, 6.07) is 86.0. The minimum absolute atomic E-state index is 0.533. The maximum absolute atomic E-state index is 6.97. The van der Waals surface area contributed by atoms with Gasteiger partial charge in [0.2, 0.25) is 0 Å². The number of hydrogen-bond donors (Lipinski definition) is 0. The maximum Gasteiger partial charge on any atom is 0.143 e. The van der Waals surface area contributed by atoms with Gasteiger partial charge in [0.05, 0.1) is 5.41 Å². The topological polar surface area (TPSA) is 16.4 Å². The lowest BCUT2D eigenvalue weighted by Gasteiger charge is -2.35.